The largest absolute Gasteiger partial charge is 0.457 e. The summed E-state index contributed by atoms with van der Waals surface area (Å²) in [5.41, 5.74) is 2.40. The lowest BCUT2D eigenvalue weighted by Gasteiger charge is -2.08. The number of aromatic nitrogens is 4. The van der Waals surface area contributed by atoms with Gasteiger partial charge in [-0.25, -0.2) is 18.7 Å². The minimum atomic E-state index is -0.528. The number of ether oxygens (including phenoxy) is 1. The van der Waals surface area contributed by atoms with Gasteiger partial charge in [-0.2, -0.15) is 5.10 Å². The molecular formula is C18H13FN4O2. The molecule has 0 aliphatic rings. The van der Waals surface area contributed by atoms with Crippen molar-refractivity contribution < 1.29 is 13.9 Å². The van der Waals surface area contributed by atoms with Gasteiger partial charge in [0.05, 0.1) is 11.2 Å². The van der Waals surface area contributed by atoms with Gasteiger partial charge in [0, 0.05) is 29.5 Å². The lowest BCUT2D eigenvalue weighted by molar-refractivity contribution is 0.0475. The fraction of sp³-hybridized carbons (Fsp3) is 0.111. The second-order valence-corrected chi connectivity index (χ2v) is 5.53. The second-order valence-electron chi connectivity index (χ2n) is 5.53. The lowest BCUT2D eigenvalue weighted by atomic mass is 10.1. The Kier molecular flexibility index (Phi) is 3.61. The zero-order chi connectivity index (χ0) is 17.4. The summed E-state index contributed by atoms with van der Waals surface area (Å²) >= 11 is 0. The molecule has 4 rings (SSSR count). The van der Waals surface area contributed by atoms with Gasteiger partial charge in [0.15, 0.2) is 5.65 Å². The topological polar surface area (TPSA) is 69.4 Å². The van der Waals surface area contributed by atoms with Crippen LogP contribution in [0.25, 0.3) is 16.6 Å². The Bertz CT molecular complexity index is 1110. The molecule has 0 amide bonds. The summed E-state index contributed by atoms with van der Waals surface area (Å²) in [5.74, 6) is -0.888. The molecule has 0 spiro atoms. The van der Waals surface area contributed by atoms with Crippen LogP contribution in [0, 0.1) is 12.7 Å². The first kappa shape index (κ1) is 15.2. The van der Waals surface area contributed by atoms with Crippen molar-refractivity contribution >= 4 is 22.5 Å². The van der Waals surface area contributed by atoms with E-state index >= 15 is 0 Å². The van der Waals surface area contributed by atoms with E-state index in [9.17, 15) is 9.18 Å². The number of carbonyl (C=O) groups is 1. The minimum absolute atomic E-state index is 0.0176. The number of halogens is 1. The molecule has 0 fully saturated rings. The van der Waals surface area contributed by atoms with Crippen molar-refractivity contribution in [2.45, 2.75) is 13.5 Å². The highest BCUT2D eigenvalue weighted by molar-refractivity contribution is 5.97. The van der Waals surface area contributed by atoms with Crippen LogP contribution < -0.4 is 0 Å². The van der Waals surface area contributed by atoms with E-state index in [2.05, 4.69) is 15.1 Å². The van der Waals surface area contributed by atoms with Crippen molar-refractivity contribution in [2.24, 2.45) is 0 Å². The molecule has 0 saturated heterocycles. The van der Waals surface area contributed by atoms with Crippen LogP contribution >= 0.6 is 0 Å². The number of pyridine rings is 1. The molecule has 6 nitrogen and oxygen atoms in total. The number of hydrogen-bond donors (Lipinski definition) is 0. The van der Waals surface area contributed by atoms with Gasteiger partial charge < -0.3 is 4.74 Å². The first-order valence-corrected chi connectivity index (χ1v) is 7.64. The molecule has 1 aromatic carbocycles. The molecule has 0 radical (unpaired) electrons. The zero-order valence-corrected chi connectivity index (χ0v) is 13.3. The molecule has 3 aromatic heterocycles. The molecule has 7 heteroatoms. The smallest absolute Gasteiger partial charge is 0.344 e. The molecule has 0 atom stereocenters. The normalized spacial score (nSPS) is 11.1. The molecule has 0 N–H and O–H groups in total. The van der Waals surface area contributed by atoms with Gasteiger partial charge >= 0.3 is 5.97 Å². The van der Waals surface area contributed by atoms with Crippen LogP contribution in [-0.4, -0.2) is 25.6 Å². The summed E-state index contributed by atoms with van der Waals surface area (Å²) in [7, 11) is 0. The van der Waals surface area contributed by atoms with Gasteiger partial charge in [-0.15, -0.1) is 0 Å². The van der Waals surface area contributed by atoms with Crippen molar-refractivity contribution in [3.63, 3.8) is 0 Å². The minimum Gasteiger partial charge on any atom is -0.457 e. The van der Waals surface area contributed by atoms with Crippen LogP contribution in [0.5, 0.6) is 0 Å². The molecule has 0 aliphatic heterocycles. The second kappa shape index (κ2) is 5.94. The third kappa shape index (κ3) is 2.59. The molecule has 3 heterocycles. The molecule has 124 valence electrons. The summed E-state index contributed by atoms with van der Waals surface area (Å²) in [6.07, 6.45) is 4.88. The van der Waals surface area contributed by atoms with Crippen molar-refractivity contribution in [3.8, 4) is 0 Å². The van der Waals surface area contributed by atoms with Gasteiger partial charge in [-0.1, -0.05) is 6.07 Å². The predicted molar refractivity (Wildman–Crippen MR) is 88.5 cm³/mol. The first-order valence-electron chi connectivity index (χ1n) is 7.64. The Morgan fingerprint density at radius 1 is 1.20 bits per heavy atom. The van der Waals surface area contributed by atoms with Crippen LogP contribution in [0.3, 0.4) is 0 Å². The Balaban J connectivity index is 1.64. The van der Waals surface area contributed by atoms with Crippen LogP contribution in [0.1, 0.15) is 21.6 Å². The number of benzene rings is 1. The van der Waals surface area contributed by atoms with E-state index < -0.39 is 5.97 Å². The summed E-state index contributed by atoms with van der Waals surface area (Å²) in [4.78, 5) is 20.9. The summed E-state index contributed by atoms with van der Waals surface area (Å²) in [6, 6.07) is 7.94. The number of rotatable bonds is 3. The fourth-order valence-corrected chi connectivity index (χ4v) is 2.76. The average molecular weight is 336 g/mol. The summed E-state index contributed by atoms with van der Waals surface area (Å²) in [5, 5.41) is 4.64. The zero-order valence-electron chi connectivity index (χ0n) is 13.3. The lowest BCUT2D eigenvalue weighted by Crippen LogP contribution is -2.07. The standard InChI is InChI=1S/C18H13FN4O2/c1-11-15(17-21-8-3-9-23(17)22-11)18(24)25-10-12-5-6-14(19)13-4-2-7-20-16(12)13/h2-9H,10H2,1H3. The van der Waals surface area contributed by atoms with E-state index in [-0.39, 0.29) is 12.4 Å². The van der Waals surface area contributed by atoms with Gasteiger partial charge in [0.1, 0.15) is 18.0 Å². The van der Waals surface area contributed by atoms with Crippen LogP contribution in [-0.2, 0) is 11.3 Å². The molecule has 0 aliphatic carbocycles. The maximum absolute atomic E-state index is 13.8. The number of carbonyl (C=O) groups excluding carboxylic acids is 1. The SMILES string of the molecule is Cc1nn2cccnc2c1C(=O)OCc1ccc(F)c2cccnc12. The van der Waals surface area contributed by atoms with Crippen molar-refractivity contribution in [2.75, 3.05) is 0 Å². The molecule has 0 bridgehead atoms. The number of hydrogen-bond acceptors (Lipinski definition) is 5. The summed E-state index contributed by atoms with van der Waals surface area (Å²) in [6.45, 7) is 1.70. The molecule has 4 aromatic rings. The third-order valence-electron chi connectivity index (χ3n) is 3.93. The Morgan fingerprint density at radius 3 is 2.92 bits per heavy atom. The molecule has 0 unspecified atom stereocenters. The monoisotopic (exact) mass is 336 g/mol. The van der Waals surface area contributed by atoms with Gasteiger partial charge in [0.25, 0.3) is 0 Å². The quantitative estimate of drug-likeness (QED) is 0.538. The van der Waals surface area contributed by atoms with Crippen LogP contribution in [0.4, 0.5) is 4.39 Å². The van der Waals surface area contributed by atoms with Gasteiger partial charge in [0.2, 0.25) is 0 Å². The number of aryl methyl sites for hydroxylation is 1. The van der Waals surface area contributed by atoms with E-state index in [0.29, 0.717) is 33.4 Å². The number of nitrogens with zero attached hydrogens (tertiary/aromatic N) is 4. The van der Waals surface area contributed by atoms with Crippen LogP contribution in [0.15, 0.2) is 48.9 Å². The fourth-order valence-electron chi connectivity index (χ4n) is 2.76. The third-order valence-corrected chi connectivity index (χ3v) is 3.93. The van der Waals surface area contributed by atoms with E-state index in [1.807, 2.05) is 0 Å². The van der Waals surface area contributed by atoms with E-state index in [1.54, 1.807) is 49.8 Å². The van der Waals surface area contributed by atoms with Crippen LogP contribution in [0.2, 0.25) is 0 Å². The van der Waals surface area contributed by atoms with Crippen molar-refractivity contribution in [1.29, 1.82) is 0 Å². The highest BCUT2D eigenvalue weighted by atomic mass is 19.1. The Morgan fingerprint density at radius 2 is 2.04 bits per heavy atom. The van der Waals surface area contributed by atoms with E-state index in [0.717, 1.165) is 0 Å². The van der Waals surface area contributed by atoms with Gasteiger partial charge in [-0.3, -0.25) is 4.98 Å². The predicted octanol–water partition coefficient (Wildman–Crippen LogP) is 3.08. The molecule has 25 heavy (non-hydrogen) atoms. The number of fused-ring (bicyclic) bond motifs is 2. The highest BCUT2D eigenvalue weighted by Crippen LogP contribution is 2.21. The maximum atomic E-state index is 13.8. The van der Waals surface area contributed by atoms with Crippen molar-refractivity contribution in [1.82, 2.24) is 19.6 Å². The maximum Gasteiger partial charge on any atom is 0.344 e. The summed E-state index contributed by atoms with van der Waals surface area (Å²) < 4.78 is 20.8. The molecule has 0 saturated carbocycles. The first-order chi connectivity index (χ1) is 12.1. The highest BCUT2D eigenvalue weighted by Gasteiger charge is 2.20. The number of esters is 1. The average Bonchev–Trinajstić information content (AvgIpc) is 2.97. The molecular weight excluding hydrogens is 323 g/mol. The Hall–Kier alpha value is -3.35. The van der Waals surface area contributed by atoms with Crippen molar-refractivity contribution in [3.05, 3.63) is 71.6 Å². The van der Waals surface area contributed by atoms with E-state index in [4.69, 9.17) is 4.74 Å². The van der Waals surface area contributed by atoms with Gasteiger partial charge in [-0.05, 0) is 31.2 Å². The Labute approximate surface area is 141 Å². The van der Waals surface area contributed by atoms with E-state index in [1.165, 1.54) is 10.6 Å².